The third-order valence-electron chi connectivity index (χ3n) is 3.04. The predicted molar refractivity (Wildman–Crippen MR) is 86.2 cm³/mol. The van der Waals surface area contributed by atoms with Crippen LogP contribution in [0.2, 0.25) is 0 Å². The molecule has 110 valence electrons. The molecule has 0 spiro atoms. The van der Waals surface area contributed by atoms with Gasteiger partial charge in [0.15, 0.2) is 0 Å². The van der Waals surface area contributed by atoms with Gasteiger partial charge in [0.1, 0.15) is 12.4 Å². The smallest absolute Gasteiger partial charge is 0.119 e. The highest BCUT2D eigenvalue weighted by Crippen LogP contribution is 2.15. The molecule has 2 aromatic carbocycles. The van der Waals surface area contributed by atoms with Crippen molar-refractivity contribution >= 4 is 6.21 Å². The molecule has 0 aromatic heterocycles. The van der Waals surface area contributed by atoms with Gasteiger partial charge < -0.3 is 9.84 Å². The van der Waals surface area contributed by atoms with Gasteiger partial charge in [-0.25, -0.2) is 0 Å². The van der Waals surface area contributed by atoms with E-state index in [0.29, 0.717) is 13.2 Å². The normalized spacial score (nSPS) is 11.0. The van der Waals surface area contributed by atoms with Crippen LogP contribution in [0, 0.1) is 13.8 Å². The van der Waals surface area contributed by atoms with Gasteiger partial charge in [0.2, 0.25) is 0 Å². The summed E-state index contributed by atoms with van der Waals surface area (Å²) in [5, 5.41) is 8.67. The second kappa shape index (κ2) is 7.60. The van der Waals surface area contributed by atoms with Crippen molar-refractivity contribution < 1.29 is 9.84 Å². The molecular formula is C18H21NO2. The maximum atomic E-state index is 8.67. The first-order valence-corrected chi connectivity index (χ1v) is 7.08. The Labute approximate surface area is 125 Å². The number of hydrogen-bond donors (Lipinski definition) is 1. The molecule has 3 nitrogen and oxygen atoms in total. The van der Waals surface area contributed by atoms with E-state index in [2.05, 4.69) is 37.0 Å². The fourth-order valence-electron chi connectivity index (χ4n) is 2.20. The van der Waals surface area contributed by atoms with E-state index in [4.69, 9.17) is 9.84 Å². The summed E-state index contributed by atoms with van der Waals surface area (Å²) in [6.45, 7) is 5.27. The Bertz CT molecular complexity index is 583. The molecule has 1 N–H and O–H groups in total. The minimum atomic E-state index is 0.0770. The molecule has 0 amide bonds. The molecular weight excluding hydrogens is 262 g/mol. The highest BCUT2D eigenvalue weighted by molar-refractivity contribution is 5.79. The van der Waals surface area contributed by atoms with Crippen LogP contribution in [0.15, 0.2) is 47.5 Å². The minimum Gasteiger partial charge on any atom is -0.489 e. The monoisotopic (exact) mass is 283 g/mol. The van der Waals surface area contributed by atoms with E-state index in [0.717, 1.165) is 11.3 Å². The van der Waals surface area contributed by atoms with Crippen LogP contribution in [-0.4, -0.2) is 24.5 Å². The van der Waals surface area contributed by atoms with Gasteiger partial charge in [-0.05, 0) is 49.2 Å². The zero-order valence-corrected chi connectivity index (χ0v) is 12.5. The fraction of sp³-hybridized carbons (Fsp3) is 0.278. The Balaban J connectivity index is 1.94. The molecule has 0 unspecified atom stereocenters. The number of aliphatic hydroxyl groups excluding tert-OH is 1. The van der Waals surface area contributed by atoms with E-state index in [-0.39, 0.29) is 6.61 Å². The number of rotatable bonds is 6. The zero-order valence-electron chi connectivity index (χ0n) is 12.5. The number of ether oxygens (including phenoxy) is 1. The van der Waals surface area contributed by atoms with Crippen molar-refractivity contribution in [2.75, 3.05) is 13.2 Å². The molecule has 21 heavy (non-hydrogen) atoms. The van der Waals surface area contributed by atoms with Crippen LogP contribution in [0.25, 0.3) is 0 Å². The molecule has 0 aliphatic heterocycles. The second-order valence-electron chi connectivity index (χ2n) is 5.11. The van der Waals surface area contributed by atoms with Crippen molar-refractivity contribution in [3.8, 4) is 5.75 Å². The molecule has 0 bridgehead atoms. The average molecular weight is 283 g/mol. The Morgan fingerprint density at radius 2 is 1.71 bits per heavy atom. The van der Waals surface area contributed by atoms with E-state index in [1.165, 1.54) is 16.7 Å². The summed E-state index contributed by atoms with van der Waals surface area (Å²) in [5.74, 6) is 0.841. The van der Waals surface area contributed by atoms with Gasteiger partial charge in [-0.15, -0.1) is 0 Å². The van der Waals surface area contributed by atoms with Gasteiger partial charge in [0.05, 0.1) is 13.2 Å². The maximum absolute atomic E-state index is 8.67. The van der Waals surface area contributed by atoms with Gasteiger partial charge in [-0.3, -0.25) is 4.99 Å². The van der Waals surface area contributed by atoms with Crippen molar-refractivity contribution in [1.82, 2.24) is 0 Å². The molecule has 2 rings (SSSR count). The van der Waals surface area contributed by atoms with Gasteiger partial charge >= 0.3 is 0 Å². The van der Waals surface area contributed by atoms with E-state index < -0.39 is 0 Å². The van der Waals surface area contributed by atoms with Crippen LogP contribution < -0.4 is 4.74 Å². The number of hydrogen-bond acceptors (Lipinski definition) is 3. The molecule has 0 atom stereocenters. The first-order chi connectivity index (χ1) is 10.2. The van der Waals surface area contributed by atoms with Crippen LogP contribution in [0.3, 0.4) is 0 Å². The molecule has 0 aliphatic carbocycles. The summed E-state index contributed by atoms with van der Waals surface area (Å²) in [6.07, 6.45) is 1.75. The summed E-state index contributed by atoms with van der Waals surface area (Å²) in [7, 11) is 0. The quantitative estimate of drug-likeness (QED) is 0.827. The van der Waals surface area contributed by atoms with E-state index in [1.54, 1.807) is 6.21 Å². The van der Waals surface area contributed by atoms with Gasteiger partial charge in [-0.2, -0.15) is 0 Å². The van der Waals surface area contributed by atoms with Gasteiger partial charge in [-0.1, -0.05) is 29.3 Å². The van der Waals surface area contributed by atoms with Gasteiger partial charge in [0.25, 0.3) is 0 Å². The zero-order chi connectivity index (χ0) is 15.1. The fourth-order valence-corrected chi connectivity index (χ4v) is 2.20. The van der Waals surface area contributed by atoms with Crippen molar-refractivity contribution in [3.63, 3.8) is 0 Å². The topological polar surface area (TPSA) is 41.8 Å². The van der Waals surface area contributed by atoms with Crippen LogP contribution in [-0.2, 0) is 6.61 Å². The lowest BCUT2D eigenvalue weighted by atomic mass is 10.1. The SMILES string of the molecule is Cc1cc(C)cc(COc2ccc(C=NCCO)cc2)c1. The number of aliphatic imine (C=N–C) groups is 1. The van der Waals surface area contributed by atoms with Crippen molar-refractivity contribution in [2.45, 2.75) is 20.5 Å². The largest absolute Gasteiger partial charge is 0.489 e. The third-order valence-corrected chi connectivity index (χ3v) is 3.04. The van der Waals surface area contributed by atoms with Crippen molar-refractivity contribution in [2.24, 2.45) is 4.99 Å². The average Bonchev–Trinajstić information content (AvgIpc) is 2.46. The van der Waals surface area contributed by atoms with Crippen LogP contribution in [0.1, 0.15) is 22.3 Å². The maximum Gasteiger partial charge on any atom is 0.119 e. The van der Waals surface area contributed by atoms with E-state index in [1.807, 2.05) is 24.3 Å². The Morgan fingerprint density at radius 1 is 1.05 bits per heavy atom. The Morgan fingerprint density at radius 3 is 2.33 bits per heavy atom. The lowest BCUT2D eigenvalue weighted by Gasteiger charge is -2.08. The molecule has 0 saturated carbocycles. The summed E-state index contributed by atoms with van der Waals surface area (Å²) in [5.41, 5.74) is 4.69. The van der Waals surface area contributed by atoms with Crippen molar-refractivity contribution in [1.29, 1.82) is 0 Å². The highest BCUT2D eigenvalue weighted by atomic mass is 16.5. The third kappa shape index (κ3) is 5.04. The molecule has 2 aromatic rings. The summed E-state index contributed by atoms with van der Waals surface area (Å²) < 4.78 is 5.80. The van der Waals surface area contributed by atoms with Crippen LogP contribution in [0.4, 0.5) is 0 Å². The molecule has 0 aliphatic rings. The standard InChI is InChI=1S/C18H21NO2/c1-14-9-15(2)11-17(10-14)13-21-18-5-3-16(4-6-18)12-19-7-8-20/h3-6,9-12,20H,7-8,13H2,1-2H3. The van der Waals surface area contributed by atoms with Crippen LogP contribution >= 0.6 is 0 Å². The number of aryl methyl sites for hydroxylation is 2. The summed E-state index contributed by atoms with van der Waals surface area (Å²) in [4.78, 5) is 4.09. The number of aliphatic hydroxyl groups is 1. The van der Waals surface area contributed by atoms with Gasteiger partial charge in [0, 0.05) is 6.21 Å². The van der Waals surface area contributed by atoms with E-state index in [9.17, 15) is 0 Å². The summed E-state index contributed by atoms with van der Waals surface area (Å²) in [6, 6.07) is 14.2. The molecule has 0 heterocycles. The minimum absolute atomic E-state index is 0.0770. The Hall–Kier alpha value is -2.13. The predicted octanol–water partition coefficient (Wildman–Crippen LogP) is 3.29. The lowest BCUT2D eigenvalue weighted by molar-refractivity contribution is 0.306. The molecule has 0 radical (unpaired) electrons. The molecule has 3 heteroatoms. The first kappa shape index (κ1) is 15.3. The highest BCUT2D eigenvalue weighted by Gasteiger charge is 1.98. The van der Waals surface area contributed by atoms with Crippen molar-refractivity contribution in [3.05, 3.63) is 64.7 Å². The molecule has 0 saturated heterocycles. The molecule has 0 fully saturated rings. The van der Waals surface area contributed by atoms with Crippen LogP contribution in [0.5, 0.6) is 5.75 Å². The Kier molecular flexibility index (Phi) is 5.52. The second-order valence-corrected chi connectivity index (χ2v) is 5.11. The number of benzene rings is 2. The number of nitrogens with zero attached hydrogens (tertiary/aromatic N) is 1. The lowest BCUT2D eigenvalue weighted by Crippen LogP contribution is -1.97. The summed E-state index contributed by atoms with van der Waals surface area (Å²) >= 11 is 0. The first-order valence-electron chi connectivity index (χ1n) is 7.08. The van der Waals surface area contributed by atoms with E-state index >= 15 is 0 Å².